The number of aliphatic carboxylic acids is 1. The molecule has 1 aliphatic carbocycles. The molecule has 0 aliphatic heterocycles. The normalized spacial score (nSPS) is 18.5. The molecule has 0 aromatic carbocycles. The highest BCUT2D eigenvalue weighted by Crippen LogP contribution is 2.42. The van der Waals surface area contributed by atoms with Crippen molar-refractivity contribution in [1.82, 2.24) is 10.6 Å². The molecule has 0 unspecified atom stereocenters. The van der Waals surface area contributed by atoms with E-state index in [0.29, 0.717) is 13.0 Å². The minimum Gasteiger partial charge on any atom is -0.480 e. The number of carboxylic acids is 1. The molecule has 0 aromatic rings. The minimum atomic E-state index is -0.980. The van der Waals surface area contributed by atoms with E-state index in [4.69, 9.17) is 5.11 Å². The molecule has 1 aliphatic rings. The van der Waals surface area contributed by atoms with Gasteiger partial charge in [-0.2, -0.15) is 11.8 Å². The third-order valence-electron chi connectivity index (χ3n) is 3.58. The van der Waals surface area contributed by atoms with E-state index in [0.717, 1.165) is 12.8 Å². The van der Waals surface area contributed by atoms with Crippen LogP contribution in [0.3, 0.4) is 0 Å². The maximum atomic E-state index is 11.7. The number of carboxylic acid groups (broad SMARTS) is 1. The standard InChI is InChI=1S/C13H24N2O3S/c1-9(2)7-10(11(16)17)15-12(18)14-8-13(19-3)5-4-6-13/h9-10H,4-8H2,1-3H3,(H,16,17)(H2,14,15,18)/t10-/m1/s1. The summed E-state index contributed by atoms with van der Waals surface area (Å²) in [6.07, 6.45) is 5.93. The first-order valence-corrected chi connectivity index (χ1v) is 7.93. The van der Waals surface area contributed by atoms with E-state index in [9.17, 15) is 9.59 Å². The molecule has 110 valence electrons. The zero-order valence-electron chi connectivity index (χ0n) is 11.9. The molecule has 5 nitrogen and oxygen atoms in total. The van der Waals surface area contributed by atoms with Crippen molar-refractivity contribution in [1.29, 1.82) is 0 Å². The maximum Gasteiger partial charge on any atom is 0.326 e. The second-order valence-electron chi connectivity index (χ2n) is 5.59. The summed E-state index contributed by atoms with van der Waals surface area (Å²) in [7, 11) is 0. The molecular formula is C13H24N2O3S. The Bertz CT molecular complexity index is 324. The second kappa shape index (κ2) is 7.03. The zero-order chi connectivity index (χ0) is 14.5. The molecule has 1 atom stereocenters. The number of nitrogens with one attached hydrogen (secondary N) is 2. The van der Waals surface area contributed by atoms with Gasteiger partial charge in [0.2, 0.25) is 0 Å². The van der Waals surface area contributed by atoms with E-state index >= 15 is 0 Å². The van der Waals surface area contributed by atoms with E-state index in [1.54, 1.807) is 11.8 Å². The van der Waals surface area contributed by atoms with Crippen molar-refractivity contribution in [2.45, 2.75) is 50.3 Å². The Morgan fingerprint density at radius 2 is 2.00 bits per heavy atom. The fourth-order valence-electron chi connectivity index (χ4n) is 2.17. The average Bonchev–Trinajstić information content (AvgIpc) is 2.26. The van der Waals surface area contributed by atoms with Gasteiger partial charge in [0.15, 0.2) is 0 Å². The molecule has 19 heavy (non-hydrogen) atoms. The van der Waals surface area contributed by atoms with Gasteiger partial charge in [-0.15, -0.1) is 0 Å². The summed E-state index contributed by atoms with van der Waals surface area (Å²) in [6.45, 7) is 4.48. The van der Waals surface area contributed by atoms with Crippen molar-refractivity contribution < 1.29 is 14.7 Å². The van der Waals surface area contributed by atoms with Crippen LogP contribution in [-0.2, 0) is 4.79 Å². The Morgan fingerprint density at radius 1 is 1.37 bits per heavy atom. The summed E-state index contributed by atoms with van der Waals surface area (Å²) in [5, 5.41) is 14.4. The molecule has 0 heterocycles. The fraction of sp³-hybridized carbons (Fsp3) is 0.846. The largest absolute Gasteiger partial charge is 0.480 e. The molecule has 1 fully saturated rings. The smallest absolute Gasteiger partial charge is 0.326 e. The van der Waals surface area contributed by atoms with Crippen LogP contribution >= 0.6 is 11.8 Å². The van der Waals surface area contributed by atoms with Crippen LogP contribution in [0.15, 0.2) is 0 Å². The molecule has 0 aromatic heterocycles. The fourth-order valence-corrected chi connectivity index (χ4v) is 3.08. The lowest BCUT2D eigenvalue weighted by atomic mass is 9.84. The van der Waals surface area contributed by atoms with Gasteiger partial charge in [-0.1, -0.05) is 20.3 Å². The van der Waals surface area contributed by atoms with Crippen LogP contribution in [-0.4, -0.2) is 40.7 Å². The number of hydrogen-bond acceptors (Lipinski definition) is 3. The summed E-state index contributed by atoms with van der Waals surface area (Å²) >= 11 is 1.78. The van der Waals surface area contributed by atoms with E-state index < -0.39 is 12.0 Å². The highest BCUT2D eigenvalue weighted by Gasteiger charge is 2.36. The molecular weight excluding hydrogens is 264 g/mol. The number of rotatable bonds is 7. The van der Waals surface area contributed by atoms with Crippen LogP contribution in [0, 0.1) is 5.92 Å². The molecule has 6 heteroatoms. The van der Waals surface area contributed by atoms with E-state index in [-0.39, 0.29) is 16.7 Å². The SMILES string of the molecule is CSC1(CNC(=O)N[C@H](CC(C)C)C(=O)O)CCC1. The van der Waals surface area contributed by atoms with Gasteiger partial charge in [0.05, 0.1) is 0 Å². The third kappa shape index (κ3) is 4.93. The van der Waals surface area contributed by atoms with Gasteiger partial charge in [-0.05, 0) is 31.4 Å². The van der Waals surface area contributed by atoms with Crippen molar-refractivity contribution in [3.63, 3.8) is 0 Å². The highest BCUT2D eigenvalue weighted by molar-refractivity contribution is 8.00. The second-order valence-corrected chi connectivity index (χ2v) is 6.86. The van der Waals surface area contributed by atoms with Crippen LogP contribution in [0.1, 0.15) is 39.5 Å². The van der Waals surface area contributed by atoms with Gasteiger partial charge in [0, 0.05) is 11.3 Å². The minimum absolute atomic E-state index is 0.161. The Labute approximate surface area is 118 Å². The summed E-state index contributed by atoms with van der Waals surface area (Å²) < 4.78 is 0.161. The first-order valence-electron chi connectivity index (χ1n) is 6.71. The first-order chi connectivity index (χ1) is 8.88. The van der Waals surface area contributed by atoms with Gasteiger partial charge in [-0.25, -0.2) is 9.59 Å². The molecule has 0 bridgehead atoms. The zero-order valence-corrected chi connectivity index (χ0v) is 12.7. The van der Waals surface area contributed by atoms with E-state index in [1.807, 2.05) is 13.8 Å². The van der Waals surface area contributed by atoms with Crippen LogP contribution in [0.5, 0.6) is 0 Å². The van der Waals surface area contributed by atoms with Crippen molar-refractivity contribution in [3.8, 4) is 0 Å². The predicted molar refractivity (Wildman–Crippen MR) is 77.5 cm³/mol. The van der Waals surface area contributed by atoms with Crippen LogP contribution < -0.4 is 10.6 Å². The average molecular weight is 288 g/mol. The number of thioether (sulfide) groups is 1. The number of urea groups is 1. The van der Waals surface area contributed by atoms with Crippen LogP contribution in [0.2, 0.25) is 0 Å². The van der Waals surface area contributed by atoms with Crippen molar-refractivity contribution in [2.24, 2.45) is 5.92 Å². The monoisotopic (exact) mass is 288 g/mol. The van der Waals surface area contributed by atoms with Gasteiger partial charge in [0.1, 0.15) is 6.04 Å². The molecule has 0 saturated heterocycles. The van der Waals surface area contributed by atoms with Gasteiger partial charge >= 0.3 is 12.0 Å². The molecule has 3 N–H and O–H groups in total. The Hall–Kier alpha value is -0.910. The molecule has 2 amide bonds. The van der Waals surface area contributed by atoms with Gasteiger partial charge in [0.25, 0.3) is 0 Å². The first kappa shape index (κ1) is 16.1. The third-order valence-corrected chi connectivity index (χ3v) is 5.00. The van der Waals surface area contributed by atoms with Crippen LogP contribution in [0.25, 0.3) is 0 Å². The van der Waals surface area contributed by atoms with Crippen molar-refractivity contribution in [2.75, 3.05) is 12.8 Å². The topological polar surface area (TPSA) is 78.4 Å². The summed E-state index contributed by atoms with van der Waals surface area (Å²) in [5.41, 5.74) is 0. The lowest BCUT2D eigenvalue weighted by molar-refractivity contribution is -0.139. The highest BCUT2D eigenvalue weighted by atomic mass is 32.2. The Kier molecular flexibility index (Phi) is 5.97. The van der Waals surface area contributed by atoms with E-state index in [2.05, 4.69) is 16.9 Å². The van der Waals surface area contributed by atoms with Crippen LogP contribution in [0.4, 0.5) is 4.79 Å². The predicted octanol–water partition coefficient (Wildman–Crippen LogP) is 2.07. The maximum absolute atomic E-state index is 11.7. The summed E-state index contributed by atoms with van der Waals surface area (Å²) in [4.78, 5) is 22.8. The van der Waals surface area contributed by atoms with E-state index in [1.165, 1.54) is 6.42 Å². The Balaban J connectivity index is 2.38. The number of carbonyl (C=O) groups excluding carboxylic acids is 1. The Morgan fingerprint density at radius 3 is 2.37 bits per heavy atom. The van der Waals surface area contributed by atoms with Gasteiger partial charge < -0.3 is 15.7 Å². The van der Waals surface area contributed by atoms with Crippen molar-refractivity contribution >= 4 is 23.8 Å². The molecule has 0 spiro atoms. The summed E-state index contributed by atoms with van der Waals surface area (Å²) in [6, 6.07) is -1.19. The number of carbonyl (C=O) groups is 2. The quantitative estimate of drug-likeness (QED) is 0.670. The molecule has 1 saturated carbocycles. The summed E-state index contributed by atoms with van der Waals surface area (Å²) in [5.74, 6) is -0.752. The number of amides is 2. The number of hydrogen-bond donors (Lipinski definition) is 3. The molecule has 1 rings (SSSR count). The van der Waals surface area contributed by atoms with Crippen molar-refractivity contribution in [3.05, 3.63) is 0 Å². The lowest BCUT2D eigenvalue weighted by Crippen LogP contribution is -2.51. The lowest BCUT2D eigenvalue weighted by Gasteiger charge is -2.40. The van der Waals surface area contributed by atoms with Gasteiger partial charge in [-0.3, -0.25) is 0 Å². The molecule has 0 radical (unpaired) electrons.